The Hall–Kier alpha value is -0.810. The van der Waals surface area contributed by atoms with E-state index in [0.717, 1.165) is 45.0 Å². The fourth-order valence-electron chi connectivity index (χ4n) is 2.39. The van der Waals surface area contributed by atoms with Gasteiger partial charge in [0.05, 0.1) is 13.2 Å². The summed E-state index contributed by atoms with van der Waals surface area (Å²) in [6.45, 7) is 6.89. The van der Waals surface area contributed by atoms with Crippen molar-refractivity contribution in [2.24, 2.45) is 0 Å². The van der Waals surface area contributed by atoms with Crippen LogP contribution in [0.25, 0.3) is 0 Å². The Kier molecular flexibility index (Phi) is 8.04. The van der Waals surface area contributed by atoms with Crippen molar-refractivity contribution in [3.63, 3.8) is 0 Å². The molecule has 1 aliphatic heterocycles. The highest BCUT2D eigenvalue weighted by molar-refractivity contribution is 6.30. The molecule has 0 radical (unpaired) electrons. The van der Waals surface area contributed by atoms with Gasteiger partial charge in [0, 0.05) is 43.8 Å². The van der Waals surface area contributed by atoms with E-state index in [4.69, 9.17) is 16.3 Å². The zero-order valence-electron chi connectivity index (χ0n) is 12.3. The molecule has 118 valence electrons. The van der Waals surface area contributed by atoms with Gasteiger partial charge in [-0.2, -0.15) is 0 Å². The molecule has 0 spiro atoms. The van der Waals surface area contributed by atoms with E-state index < -0.39 is 0 Å². The maximum absolute atomic E-state index is 11.8. The van der Waals surface area contributed by atoms with E-state index in [9.17, 15) is 4.79 Å². The van der Waals surface area contributed by atoms with E-state index in [1.807, 2.05) is 24.3 Å². The molecule has 0 bridgehead atoms. The van der Waals surface area contributed by atoms with Crippen LogP contribution in [-0.4, -0.2) is 50.2 Å². The highest BCUT2D eigenvalue weighted by atomic mass is 35.5. The van der Waals surface area contributed by atoms with Crippen LogP contribution in [0.2, 0.25) is 5.02 Å². The fourth-order valence-corrected chi connectivity index (χ4v) is 2.57. The third-order valence-electron chi connectivity index (χ3n) is 3.46. The molecule has 21 heavy (non-hydrogen) atoms. The van der Waals surface area contributed by atoms with Gasteiger partial charge >= 0.3 is 0 Å². The third-order valence-corrected chi connectivity index (χ3v) is 3.69. The summed E-state index contributed by atoms with van der Waals surface area (Å²) in [5, 5.41) is 0.655. The Morgan fingerprint density at radius 1 is 1.38 bits per heavy atom. The minimum absolute atomic E-state index is 0. The molecule has 6 heteroatoms. The zero-order chi connectivity index (χ0) is 14.4. The molecular weight excluding hydrogens is 311 g/mol. The molecule has 1 aromatic carbocycles. The number of rotatable bonds is 5. The van der Waals surface area contributed by atoms with Gasteiger partial charge in [0.25, 0.3) is 0 Å². The SMILES string of the molecule is CC(=O)N(CCCN1CCOCC1)c1cccc(Cl)c1.Cl. The molecule has 1 fully saturated rings. The first-order chi connectivity index (χ1) is 9.66. The molecule has 1 saturated heterocycles. The Morgan fingerprint density at radius 3 is 2.71 bits per heavy atom. The van der Waals surface area contributed by atoms with Crippen LogP contribution in [0, 0.1) is 0 Å². The summed E-state index contributed by atoms with van der Waals surface area (Å²) in [5.41, 5.74) is 0.868. The van der Waals surface area contributed by atoms with Crippen LogP contribution < -0.4 is 4.90 Å². The van der Waals surface area contributed by atoms with Crippen molar-refractivity contribution in [2.75, 3.05) is 44.3 Å². The van der Waals surface area contributed by atoms with Crippen molar-refractivity contribution < 1.29 is 9.53 Å². The highest BCUT2D eigenvalue weighted by Gasteiger charge is 2.14. The van der Waals surface area contributed by atoms with E-state index >= 15 is 0 Å². The van der Waals surface area contributed by atoms with Gasteiger partial charge < -0.3 is 9.64 Å². The van der Waals surface area contributed by atoms with Gasteiger partial charge in [0.15, 0.2) is 0 Å². The van der Waals surface area contributed by atoms with E-state index in [1.54, 1.807) is 11.8 Å². The average molecular weight is 333 g/mol. The number of benzene rings is 1. The first-order valence-corrected chi connectivity index (χ1v) is 7.38. The molecule has 1 aromatic rings. The predicted molar refractivity (Wildman–Crippen MR) is 88.6 cm³/mol. The number of halogens is 2. The number of carbonyl (C=O) groups excluding carboxylic acids is 1. The van der Waals surface area contributed by atoms with Crippen LogP contribution >= 0.6 is 24.0 Å². The van der Waals surface area contributed by atoms with E-state index in [2.05, 4.69) is 4.90 Å². The number of hydrogen-bond donors (Lipinski definition) is 0. The third kappa shape index (κ3) is 5.83. The molecule has 0 unspecified atom stereocenters. The fraction of sp³-hybridized carbons (Fsp3) is 0.533. The lowest BCUT2D eigenvalue weighted by atomic mass is 10.2. The maximum Gasteiger partial charge on any atom is 0.223 e. The summed E-state index contributed by atoms with van der Waals surface area (Å²) < 4.78 is 5.33. The standard InChI is InChI=1S/C15H21ClN2O2.ClH/c1-13(19)18(15-5-2-4-14(16)12-15)7-3-6-17-8-10-20-11-9-17;/h2,4-5,12H,3,6-11H2,1H3;1H. The Balaban J connectivity index is 0.00000220. The molecule has 0 aliphatic carbocycles. The summed E-state index contributed by atoms with van der Waals surface area (Å²) in [7, 11) is 0. The Labute approximate surface area is 137 Å². The first-order valence-electron chi connectivity index (χ1n) is 7.00. The number of amides is 1. The van der Waals surface area contributed by atoms with Gasteiger partial charge in [0.2, 0.25) is 5.91 Å². The molecule has 2 rings (SSSR count). The van der Waals surface area contributed by atoms with Crippen molar-refractivity contribution in [1.82, 2.24) is 4.90 Å². The molecule has 0 saturated carbocycles. The topological polar surface area (TPSA) is 32.8 Å². The van der Waals surface area contributed by atoms with E-state index in [-0.39, 0.29) is 18.3 Å². The van der Waals surface area contributed by atoms with Crippen LogP contribution in [0.4, 0.5) is 5.69 Å². The predicted octanol–water partition coefficient (Wildman–Crippen LogP) is 2.84. The summed E-state index contributed by atoms with van der Waals surface area (Å²) in [6.07, 6.45) is 0.950. The monoisotopic (exact) mass is 332 g/mol. The number of anilines is 1. The quantitative estimate of drug-likeness (QED) is 0.831. The normalized spacial score (nSPS) is 15.3. The summed E-state index contributed by atoms with van der Waals surface area (Å²) in [6, 6.07) is 7.44. The molecule has 0 atom stereocenters. The molecule has 4 nitrogen and oxygen atoms in total. The van der Waals surface area contributed by atoms with Crippen LogP contribution in [0.3, 0.4) is 0 Å². The lowest BCUT2D eigenvalue weighted by molar-refractivity contribution is -0.116. The Morgan fingerprint density at radius 2 is 2.10 bits per heavy atom. The number of ether oxygens (including phenoxy) is 1. The summed E-state index contributed by atoms with van der Waals surface area (Å²) >= 11 is 5.99. The summed E-state index contributed by atoms with van der Waals surface area (Å²) in [5.74, 6) is 0.0502. The van der Waals surface area contributed by atoms with E-state index in [0.29, 0.717) is 11.6 Å². The molecule has 0 N–H and O–H groups in total. The molecule has 1 aliphatic rings. The first kappa shape index (κ1) is 18.2. The van der Waals surface area contributed by atoms with Crippen LogP contribution in [0.5, 0.6) is 0 Å². The lowest BCUT2D eigenvalue weighted by Gasteiger charge is -2.28. The van der Waals surface area contributed by atoms with Gasteiger partial charge in [-0.3, -0.25) is 9.69 Å². The minimum atomic E-state index is 0. The second-order valence-corrected chi connectivity index (χ2v) is 5.39. The maximum atomic E-state index is 11.8. The second-order valence-electron chi connectivity index (χ2n) is 4.96. The van der Waals surface area contributed by atoms with Crippen molar-refractivity contribution in [2.45, 2.75) is 13.3 Å². The van der Waals surface area contributed by atoms with Gasteiger partial charge in [-0.15, -0.1) is 12.4 Å². The second kappa shape index (κ2) is 9.26. The molecule has 1 heterocycles. The van der Waals surface area contributed by atoms with Crippen molar-refractivity contribution >= 4 is 35.6 Å². The number of hydrogen-bond acceptors (Lipinski definition) is 3. The lowest BCUT2D eigenvalue weighted by Crippen LogP contribution is -2.38. The van der Waals surface area contributed by atoms with Crippen LogP contribution in [-0.2, 0) is 9.53 Å². The molecular formula is C15H22Cl2N2O2. The smallest absolute Gasteiger partial charge is 0.223 e. The van der Waals surface area contributed by atoms with Crippen LogP contribution in [0.1, 0.15) is 13.3 Å². The minimum Gasteiger partial charge on any atom is -0.379 e. The van der Waals surface area contributed by atoms with Crippen molar-refractivity contribution in [1.29, 1.82) is 0 Å². The van der Waals surface area contributed by atoms with E-state index in [1.165, 1.54) is 0 Å². The highest BCUT2D eigenvalue weighted by Crippen LogP contribution is 2.20. The number of nitrogens with zero attached hydrogens (tertiary/aromatic N) is 2. The largest absolute Gasteiger partial charge is 0.379 e. The summed E-state index contributed by atoms with van der Waals surface area (Å²) in [4.78, 5) is 15.9. The Bertz CT molecular complexity index is 451. The van der Waals surface area contributed by atoms with Crippen LogP contribution in [0.15, 0.2) is 24.3 Å². The number of morpholine rings is 1. The average Bonchev–Trinajstić information content (AvgIpc) is 2.44. The zero-order valence-corrected chi connectivity index (χ0v) is 13.8. The van der Waals surface area contributed by atoms with Gasteiger partial charge in [-0.1, -0.05) is 17.7 Å². The van der Waals surface area contributed by atoms with Crippen molar-refractivity contribution in [3.8, 4) is 0 Å². The molecule has 0 aromatic heterocycles. The number of carbonyl (C=O) groups is 1. The molecule has 1 amide bonds. The van der Waals surface area contributed by atoms with Gasteiger partial charge in [-0.25, -0.2) is 0 Å². The van der Waals surface area contributed by atoms with Gasteiger partial charge in [-0.05, 0) is 24.6 Å². The van der Waals surface area contributed by atoms with Crippen molar-refractivity contribution in [3.05, 3.63) is 29.3 Å². The van der Waals surface area contributed by atoms with Gasteiger partial charge in [0.1, 0.15) is 0 Å².